The summed E-state index contributed by atoms with van der Waals surface area (Å²) in [6, 6.07) is 7.77. The third-order valence-corrected chi connectivity index (χ3v) is 5.07. The fraction of sp³-hybridized carbons (Fsp3) is 0.263. The summed E-state index contributed by atoms with van der Waals surface area (Å²) in [5.74, 6) is 2.40. The van der Waals surface area contributed by atoms with Crippen molar-refractivity contribution < 1.29 is 9.47 Å². The molecular formula is C19H19ClN4O2. The Morgan fingerprint density at radius 3 is 2.69 bits per heavy atom. The van der Waals surface area contributed by atoms with Crippen molar-refractivity contribution in [1.29, 1.82) is 0 Å². The average molecular weight is 371 g/mol. The molecule has 0 fully saturated rings. The van der Waals surface area contributed by atoms with Crippen LogP contribution in [0.15, 0.2) is 30.5 Å². The number of hydrogen-bond donors (Lipinski definition) is 2. The molecule has 3 aromatic rings. The number of benzene rings is 1. The molecule has 6 nitrogen and oxygen atoms in total. The monoisotopic (exact) mass is 370 g/mol. The second-order valence-corrected chi connectivity index (χ2v) is 6.44. The summed E-state index contributed by atoms with van der Waals surface area (Å²) < 4.78 is 10.9. The van der Waals surface area contributed by atoms with Gasteiger partial charge in [-0.2, -0.15) is 5.10 Å². The van der Waals surface area contributed by atoms with Gasteiger partial charge in [-0.3, -0.25) is 5.10 Å². The first kappa shape index (κ1) is 16.7. The Hall–Kier alpha value is -2.73. The van der Waals surface area contributed by atoms with E-state index in [9.17, 15) is 0 Å². The predicted molar refractivity (Wildman–Crippen MR) is 102 cm³/mol. The Morgan fingerprint density at radius 1 is 1.23 bits per heavy atom. The Balaban J connectivity index is 1.82. The van der Waals surface area contributed by atoms with Gasteiger partial charge in [0.1, 0.15) is 0 Å². The summed E-state index contributed by atoms with van der Waals surface area (Å²) in [6.07, 6.45) is 2.59. The molecule has 1 atom stereocenters. The second kappa shape index (κ2) is 6.53. The highest BCUT2D eigenvalue weighted by Gasteiger charge is 2.34. The summed E-state index contributed by atoms with van der Waals surface area (Å²) in [7, 11) is 3.29. The number of nitrogens with one attached hydrogen (secondary N) is 2. The number of hydrogen-bond acceptors (Lipinski definition) is 5. The van der Waals surface area contributed by atoms with Gasteiger partial charge in [-0.1, -0.05) is 18.5 Å². The van der Waals surface area contributed by atoms with Crippen LogP contribution in [0.5, 0.6) is 11.5 Å². The largest absolute Gasteiger partial charge is 0.493 e. The summed E-state index contributed by atoms with van der Waals surface area (Å²) in [6.45, 7) is 2.16. The molecule has 0 radical (unpaired) electrons. The Bertz CT molecular complexity index is 970. The van der Waals surface area contributed by atoms with Crippen LogP contribution >= 0.6 is 11.6 Å². The molecule has 26 heavy (non-hydrogen) atoms. The van der Waals surface area contributed by atoms with Crippen LogP contribution in [0.4, 0.5) is 11.5 Å². The van der Waals surface area contributed by atoms with Crippen LogP contribution in [0.3, 0.4) is 0 Å². The predicted octanol–water partition coefficient (Wildman–Crippen LogP) is 4.74. The minimum absolute atomic E-state index is 0.205. The normalized spacial score (nSPS) is 14.7. The van der Waals surface area contributed by atoms with Gasteiger partial charge in [0, 0.05) is 23.2 Å². The molecule has 0 aliphatic heterocycles. The molecule has 1 aliphatic rings. The minimum Gasteiger partial charge on any atom is -0.493 e. The van der Waals surface area contributed by atoms with Gasteiger partial charge in [0.05, 0.1) is 25.6 Å². The SMILES string of the molecule is CCC1c2cc(OC)c(OC)cc2-c2[nH]nc(Nc3cccnc3Cl)c21. The third kappa shape index (κ3) is 2.49. The van der Waals surface area contributed by atoms with Crippen molar-refractivity contribution in [2.24, 2.45) is 0 Å². The van der Waals surface area contributed by atoms with Gasteiger partial charge in [-0.25, -0.2) is 4.98 Å². The van der Waals surface area contributed by atoms with E-state index in [1.54, 1.807) is 20.4 Å². The fourth-order valence-electron chi connectivity index (χ4n) is 3.58. The van der Waals surface area contributed by atoms with E-state index in [-0.39, 0.29) is 5.92 Å². The first-order valence-electron chi connectivity index (χ1n) is 8.40. The molecule has 4 rings (SSSR count). The lowest BCUT2D eigenvalue weighted by Gasteiger charge is -2.15. The zero-order chi connectivity index (χ0) is 18.3. The van der Waals surface area contributed by atoms with Crippen LogP contribution in [-0.2, 0) is 0 Å². The van der Waals surface area contributed by atoms with E-state index in [1.165, 1.54) is 5.56 Å². The zero-order valence-electron chi connectivity index (χ0n) is 14.8. The van der Waals surface area contributed by atoms with Crippen LogP contribution in [0, 0.1) is 0 Å². The molecule has 2 aromatic heterocycles. The van der Waals surface area contributed by atoms with Crippen molar-refractivity contribution in [3.8, 4) is 22.8 Å². The van der Waals surface area contributed by atoms with E-state index in [2.05, 4.69) is 33.5 Å². The molecule has 2 N–H and O–H groups in total. The van der Waals surface area contributed by atoms with Crippen molar-refractivity contribution in [1.82, 2.24) is 15.2 Å². The maximum Gasteiger partial charge on any atom is 0.161 e. The van der Waals surface area contributed by atoms with E-state index in [0.29, 0.717) is 10.9 Å². The van der Waals surface area contributed by atoms with Crippen LogP contribution in [0.2, 0.25) is 5.15 Å². The number of anilines is 2. The molecule has 0 bridgehead atoms. The van der Waals surface area contributed by atoms with Crippen molar-refractivity contribution >= 4 is 23.1 Å². The quantitative estimate of drug-likeness (QED) is 0.634. The Labute approximate surface area is 156 Å². The molecule has 2 heterocycles. The number of aromatic nitrogens is 3. The molecule has 1 unspecified atom stereocenters. The lowest BCUT2D eigenvalue weighted by molar-refractivity contribution is 0.354. The molecule has 7 heteroatoms. The molecular weight excluding hydrogens is 352 g/mol. The number of aromatic amines is 1. The molecule has 1 aliphatic carbocycles. The van der Waals surface area contributed by atoms with Gasteiger partial charge in [-0.15, -0.1) is 0 Å². The number of H-pyrrole nitrogens is 1. The topological polar surface area (TPSA) is 72.1 Å². The maximum absolute atomic E-state index is 6.19. The highest BCUT2D eigenvalue weighted by Crippen LogP contribution is 2.51. The van der Waals surface area contributed by atoms with E-state index in [1.807, 2.05) is 18.2 Å². The van der Waals surface area contributed by atoms with Crippen molar-refractivity contribution in [3.63, 3.8) is 0 Å². The molecule has 0 saturated carbocycles. The van der Waals surface area contributed by atoms with Crippen LogP contribution in [0.1, 0.15) is 30.4 Å². The standard InChI is InChI=1S/C19H19ClN4O2/c1-4-10-11-8-14(25-2)15(26-3)9-12(11)17-16(10)19(24-23-17)22-13-6-5-7-21-18(13)20/h5-10H,4H2,1-3H3,(H2,22,23,24). The van der Waals surface area contributed by atoms with Gasteiger partial charge in [0.25, 0.3) is 0 Å². The lowest BCUT2D eigenvalue weighted by atomic mass is 9.94. The zero-order valence-corrected chi connectivity index (χ0v) is 15.5. The van der Waals surface area contributed by atoms with Crippen molar-refractivity contribution in [2.75, 3.05) is 19.5 Å². The van der Waals surface area contributed by atoms with Gasteiger partial charge in [0.2, 0.25) is 0 Å². The molecule has 0 amide bonds. The Kier molecular flexibility index (Phi) is 4.20. The van der Waals surface area contributed by atoms with E-state index in [0.717, 1.165) is 40.5 Å². The maximum atomic E-state index is 6.19. The smallest absolute Gasteiger partial charge is 0.161 e. The van der Waals surface area contributed by atoms with Crippen LogP contribution in [-0.4, -0.2) is 29.4 Å². The minimum atomic E-state index is 0.205. The number of fused-ring (bicyclic) bond motifs is 3. The molecule has 134 valence electrons. The number of rotatable bonds is 5. The van der Waals surface area contributed by atoms with E-state index < -0.39 is 0 Å². The first-order valence-corrected chi connectivity index (χ1v) is 8.77. The highest BCUT2D eigenvalue weighted by atomic mass is 35.5. The van der Waals surface area contributed by atoms with Crippen molar-refractivity contribution in [2.45, 2.75) is 19.3 Å². The second-order valence-electron chi connectivity index (χ2n) is 6.08. The molecule has 1 aromatic carbocycles. The number of pyridine rings is 1. The van der Waals surface area contributed by atoms with Crippen LogP contribution < -0.4 is 14.8 Å². The summed E-state index contributed by atoms with van der Waals surface area (Å²) >= 11 is 6.19. The third-order valence-electron chi connectivity index (χ3n) is 4.77. The van der Waals surface area contributed by atoms with Gasteiger partial charge >= 0.3 is 0 Å². The molecule has 0 saturated heterocycles. The van der Waals surface area contributed by atoms with Gasteiger partial charge in [-0.05, 0) is 36.2 Å². The fourth-order valence-corrected chi connectivity index (χ4v) is 3.74. The van der Waals surface area contributed by atoms with E-state index >= 15 is 0 Å². The van der Waals surface area contributed by atoms with Crippen LogP contribution in [0.25, 0.3) is 11.3 Å². The molecule has 0 spiro atoms. The van der Waals surface area contributed by atoms with Gasteiger partial charge < -0.3 is 14.8 Å². The number of ether oxygens (including phenoxy) is 2. The summed E-state index contributed by atoms with van der Waals surface area (Å²) in [5.41, 5.74) is 5.13. The lowest BCUT2D eigenvalue weighted by Crippen LogP contribution is -2.01. The number of halogens is 1. The van der Waals surface area contributed by atoms with E-state index in [4.69, 9.17) is 21.1 Å². The highest BCUT2D eigenvalue weighted by molar-refractivity contribution is 6.32. The first-order chi connectivity index (χ1) is 12.7. The summed E-state index contributed by atoms with van der Waals surface area (Å²) in [5, 5.41) is 11.4. The van der Waals surface area contributed by atoms with Crippen molar-refractivity contribution in [3.05, 3.63) is 46.7 Å². The summed E-state index contributed by atoms with van der Waals surface area (Å²) in [4.78, 5) is 4.11. The number of methoxy groups -OCH3 is 2. The average Bonchev–Trinajstić information content (AvgIpc) is 3.20. The number of nitrogens with zero attached hydrogens (tertiary/aromatic N) is 2. The Morgan fingerprint density at radius 2 is 2.00 bits per heavy atom. The van der Waals surface area contributed by atoms with Gasteiger partial charge in [0.15, 0.2) is 22.5 Å².